The molecule has 0 aliphatic heterocycles. The molecule has 0 bridgehead atoms. The molecule has 2 rings (SSSR count). The number of hydrogen-bond acceptors (Lipinski definition) is 9. The fourth-order valence-electron chi connectivity index (χ4n) is 3.05. The summed E-state index contributed by atoms with van der Waals surface area (Å²) in [4.78, 5) is 35.3. The van der Waals surface area contributed by atoms with E-state index in [1.54, 1.807) is 27.9 Å². The van der Waals surface area contributed by atoms with E-state index in [0.29, 0.717) is 52.7 Å². The van der Waals surface area contributed by atoms with Gasteiger partial charge in [0.15, 0.2) is 0 Å². The first-order valence-electron chi connectivity index (χ1n) is 10.4. The minimum absolute atomic E-state index is 0.0288. The smallest absolute Gasteiger partial charge is 0.348 e. The molecule has 31 heavy (non-hydrogen) atoms. The van der Waals surface area contributed by atoms with Crippen LogP contribution in [0, 0.1) is 6.92 Å². The number of ether oxygens (including phenoxy) is 3. The number of aryl methyl sites for hydroxylation is 1. The first-order chi connectivity index (χ1) is 14.6. The van der Waals surface area contributed by atoms with E-state index in [4.69, 9.17) is 14.2 Å². The summed E-state index contributed by atoms with van der Waals surface area (Å²) in [5, 5.41) is 10.7. The fourth-order valence-corrected chi connectivity index (χ4v) is 4.13. The van der Waals surface area contributed by atoms with Gasteiger partial charge in [-0.1, -0.05) is 0 Å². The fraction of sp³-hybridized carbons (Fsp3) is 0.667. The number of thiophene rings is 1. The number of aromatic nitrogens is 2. The number of methoxy groups -OCH3 is 1. The highest BCUT2D eigenvalue weighted by Gasteiger charge is 2.22. The van der Waals surface area contributed by atoms with Gasteiger partial charge in [0.05, 0.1) is 43.5 Å². The third kappa shape index (κ3) is 7.36. The van der Waals surface area contributed by atoms with Crippen molar-refractivity contribution >= 4 is 27.5 Å². The number of aromatic amines is 1. The summed E-state index contributed by atoms with van der Waals surface area (Å²) in [5.74, 6) is 0.00190. The normalized spacial score (nSPS) is 13.0. The zero-order valence-electron chi connectivity index (χ0n) is 19.1. The molecule has 0 aliphatic carbocycles. The molecular weight excluding hydrogens is 422 g/mol. The first-order valence-corrected chi connectivity index (χ1v) is 11.2. The third-order valence-electron chi connectivity index (χ3n) is 4.45. The Bertz CT molecular complexity index is 924. The van der Waals surface area contributed by atoms with Crippen molar-refractivity contribution in [2.75, 3.05) is 33.4 Å². The molecule has 0 amide bonds. The Morgan fingerprint density at radius 3 is 2.58 bits per heavy atom. The maximum absolute atomic E-state index is 12.7. The van der Waals surface area contributed by atoms with Gasteiger partial charge >= 0.3 is 5.97 Å². The molecule has 0 aromatic carbocycles. The van der Waals surface area contributed by atoms with Crippen LogP contribution in [-0.4, -0.2) is 77.7 Å². The Labute approximate surface area is 186 Å². The zero-order valence-corrected chi connectivity index (χ0v) is 19.9. The molecule has 0 saturated carbocycles. The predicted molar refractivity (Wildman–Crippen MR) is 120 cm³/mol. The van der Waals surface area contributed by atoms with Crippen LogP contribution in [0.2, 0.25) is 0 Å². The van der Waals surface area contributed by atoms with E-state index in [0.717, 1.165) is 11.3 Å². The number of carbonyl (C=O) groups excluding carboxylic acids is 1. The van der Waals surface area contributed by atoms with Crippen LogP contribution < -0.4 is 5.56 Å². The van der Waals surface area contributed by atoms with E-state index in [2.05, 4.69) is 9.97 Å². The van der Waals surface area contributed by atoms with E-state index < -0.39 is 12.1 Å². The average Bonchev–Trinajstić information content (AvgIpc) is 3.01. The Morgan fingerprint density at radius 2 is 1.97 bits per heavy atom. The molecule has 2 heterocycles. The quantitative estimate of drug-likeness (QED) is 0.468. The number of H-pyrrole nitrogens is 1. The van der Waals surface area contributed by atoms with Crippen LogP contribution in [-0.2, 0) is 20.8 Å². The van der Waals surface area contributed by atoms with Crippen molar-refractivity contribution in [2.45, 2.75) is 59.5 Å². The summed E-state index contributed by atoms with van der Waals surface area (Å²) in [5.41, 5.74) is 0.274. The minimum atomic E-state index is -0.684. The standard InChI is InChI=1S/C21H33N3O6S/c1-12(2)29-11-15(25)9-24(7-8-28-6)10-16-22-19(26)17-14(5)18(31-20(17)23-16)21(27)30-13(3)4/h12-13,15,25H,7-11H2,1-6H3,(H,22,23,26). The Morgan fingerprint density at radius 1 is 1.26 bits per heavy atom. The van der Waals surface area contributed by atoms with Gasteiger partial charge in [0.25, 0.3) is 5.56 Å². The molecule has 0 fully saturated rings. The van der Waals surface area contributed by atoms with Crippen molar-refractivity contribution in [2.24, 2.45) is 0 Å². The number of fused-ring (bicyclic) bond motifs is 1. The lowest BCUT2D eigenvalue weighted by Crippen LogP contribution is -2.37. The van der Waals surface area contributed by atoms with Crippen molar-refractivity contribution in [3.05, 3.63) is 26.6 Å². The predicted octanol–water partition coefficient (Wildman–Crippen LogP) is 2.09. The zero-order chi connectivity index (χ0) is 23.1. The van der Waals surface area contributed by atoms with E-state index >= 15 is 0 Å². The Kier molecular flexibility index (Phi) is 9.57. The number of aliphatic hydroxyl groups is 1. The number of carbonyl (C=O) groups is 1. The minimum Gasteiger partial charge on any atom is -0.459 e. The van der Waals surface area contributed by atoms with Gasteiger partial charge in [0.2, 0.25) is 0 Å². The summed E-state index contributed by atoms with van der Waals surface area (Å²) < 4.78 is 15.9. The lowest BCUT2D eigenvalue weighted by atomic mass is 10.2. The molecule has 174 valence electrons. The molecule has 2 aromatic rings. The van der Waals surface area contributed by atoms with Crippen molar-refractivity contribution in [3.63, 3.8) is 0 Å². The number of nitrogens with zero attached hydrogens (tertiary/aromatic N) is 2. The van der Waals surface area contributed by atoms with E-state index in [-0.39, 0.29) is 24.4 Å². The third-order valence-corrected chi connectivity index (χ3v) is 5.62. The number of hydrogen-bond donors (Lipinski definition) is 2. The first kappa shape index (κ1) is 25.4. The number of aliphatic hydroxyl groups excluding tert-OH is 1. The van der Waals surface area contributed by atoms with Gasteiger partial charge < -0.3 is 24.3 Å². The number of nitrogens with one attached hydrogen (secondary N) is 1. The van der Waals surface area contributed by atoms with Crippen LogP contribution in [0.5, 0.6) is 0 Å². The molecule has 9 nitrogen and oxygen atoms in total. The summed E-state index contributed by atoms with van der Waals surface area (Å²) in [6, 6.07) is 0. The summed E-state index contributed by atoms with van der Waals surface area (Å²) in [7, 11) is 1.61. The molecule has 2 aromatic heterocycles. The second-order valence-corrected chi connectivity index (χ2v) is 8.97. The van der Waals surface area contributed by atoms with Crippen LogP contribution in [0.1, 0.15) is 48.8 Å². The summed E-state index contributed by atoms with van der Waals surface area (Å²) >= 11 is 1.15. The highest BCUT2D eigenvalue weighted by molar-refractivity contribution is 7.20. The number of rotatable bonds is 12. The van der Waals surface area contributed by atoms with Gasteiger partial charge in [-0.25, -0.2) is 9.78 Å². The topological polar surface area (TPSA) is 114 Å². The van der Waals surface area contributed by atoms with Gasteiger partial charge in [0.1, 0.15) is 15.5 Å². The highest BCUT2D eigenvalue weighted by atomic mass is 32.1. The van der Waals surface area contributed by atoms with Gasteiger partial charge in [-0.05, 0) is 40.2 Å². The van der Waals surface area contributed by atoms with Crippen molar-refractivity contribution < 1.29 is 24.1 Å². The summed E-state index contributed by atoms with van der Waals surface area (Å²) in [6.07, 6.45) is -0.906. The molecule has 10 heteroatoms. The van der Waals surface area contributed by atoms with Crippen LogP contribution in [0.15, 0.2) is 4.79 Å². The highest BCUT2D eigenvalue weighted by Crippen LogP contribution is 2.28. The lowest BCUT2D eigenvalue weighted by Gasteiger charge is -2.24. The molecular formula is C21H33N3O6S. The Hall–Kier alpha value is -1.85. The van der Waals surface area contributed by atoms with Crippen molar-refractivity contribution in [3.8, 4) is 0 Å². The molecule has 1 atom stereocenters. The second-order valence-electron chi connectivity index (χ2n) is 7.97. The monoisotopic (exact) mass is 455 g/mol. The molecule has 0 spiro atoms. The molecule has 1 unspecified atom stereocenters. The SMILES string of the molecule is COCCN(Cc1nc2sc(C(=O)OC(C)C)c(C)c2c(=O)[nH]1)CC(O)COC(C)C. The largest absolute Gasteiger partial charge is 0.459 e. The van der Waals surface area contributed by atoms with E-state index in [1.165, 1.54) is 0 Å². The van der Waals surface area contributed by atoms with Crippen molar-refractivity contribution in [1.82, 2.24) is 14.9 Å². The van der Waals surface area contributed by atoms with Crippen LogP contribution >= 0.6 is 11.3 Å². The second kappa shape index (κ2) is 11.7. The molecule has 2 N–H and O–H groups in total. The molecule has 0 radical (unpaired) electrons. The van der Waals surface area contributed by atoms with Gasteiger partial charge in [-0.3, -0.25) is 9.69 Å². The van der Waals surface area contributed by atoms with Crippen LogP contribution in [0.25, 0.3) is 10.2 Å². The van der Waals surface area contributed by atoms with E-state index in [1.807, 2.05) is 18.7 Å². The number of esters is 1. The lowest BCUT2D eigenvalue weighted by molar-refractivity contribution is -0.0124. The molecule has 0 saturated heterocycles. The maximum Gasteiger partial charge on any atom is 0.348 e. The van der Waals surface area contributed by atoms with Gasteiger partial charge in [0, 0.05) is 20.2 Å². The Balaban J connectivity index is 2.24. The maximum atomic E-state index is 12.7. The average molecular weight is 456 g/mol. The van der Waals surface area contributed by atoms with Gasteiger partial charge in [-0.2, -0.15) is 0 Å². The van der Waals surface area contributed by atoms with Gasteiger partial charge in [-0.15, -0.1) is 11.3 Å². The van der Waals surface area contributed by atoms with Crippen LogP contribution in [0.3, 0.4) is 0 Å². The van der Waals surface area contributed by atoms with Crippen molar-refractivity contribution in [1.29, 1.82) is 0 Å². The van der Waals surface area contributed by atoms with Crippen LogP contribution in [0.4, 0.5) is 0 Å². The van der Waals surface area contributed by atoms with E-state index in [9.17, 15) is 14.7 Å². The summed E-state index contributed by atoms with van der Waals surface area (Å²) in [6.45, 7) is 11.0. The molecule has 0 aliphatic rings.